The Morgan fingerprint density at radius 3 is 2.14 bits per heavy atom. The molecule has 0 heterocycles. The molecule has 0 unspecified atom stereocenters. The molecule has 0 atom stereocenters. The van der Waals surface area contributed by atoms with Gasteiger partial charge in [-0.05, 0) is 11.6 Å². The third-order valence-electron chi connectivity index (χ3n) is 2.32. The minimum atomic E-state index is 0.830. The van der Waals surface area contributed by atoms with Crippen molar-refractivity contribution in [1.82, 2.24) is 0 Å². The monoisotopic (exact) mass is 181 g/mol. The quantitative estimate of drug-likeness (QED) is 0.519. The summed E-state index contributed by atoms with van der Waals surface area (Å²) in [5.74, 6) is 0. The molecule has 0 aliphatic rings. The summed E-state index contributed by atoms with van der Waals surface area (Å²) in [7, 11) is 2.08. The molecule has 0 aromatic heterocycles. The first-order valence-electron chi connectivity index (χ1n) is 4.69. The second-order valence-electron chi connectivity index (χ2n) is 3.45. The third-order valence-corrected chi connectivity index (χ3v) is 2.32. The van der Waals surface area contributed by atoms with Crippen molar-refractivity contribution >= 4 is 19.0 Å². The van der Waals surface area contributed by atoms with Gasteiger partial charge in [0.05, 0.1) is 0 Å². The van der Waals surface area contributed by atoms with Crippen LogP contribution >= 0.6 is 0 Å². The van der Waals surface area contributed by atoms with Gasteiger partial charge in [-0.2, -0.15) is 0 Å². The molecule has 0 spiro atoms. The lowest BCUT2D eigenvalue weighted by Crippen LogP contribution is -1.99. The van der Waals surface area contributed by atoms with Crippen molar-refractivity contribution in [2.24, 2.45) is 0 Å². The minimum Gasteiger partial charge on any atom is -0.398 e. The molecule has 0 saturated heterocycles. The molecule has 2 rings (SSSR count). The Labute approximate surface area is 85.0 Å². The smallest absolute Gasteiger partial charge is 0.139 e. The van der Waals surface area contributed by atoms with Gasteiger partial charge in [0.15, 0.2) is 0 Å². The van der Waals surface area contributed by atoms with Crippen LogP contribution in [0.5, 0.6) is 0 Å². The highest BCUT2D eigenvalue weighted by molar-refractivity contribution is 6.32. The van der Waals surface area contributed by atoms with Crippen molar-refractivity contribution in [2.45, 2.75) is 0 Å². The summed E-state index contributed by atoms with van der Waals surface area (Å²) in [6.45, 7) is 0. The summed E-state index contributed by atoms with van der Waals surface area (Å²) in [5, 5.41) is 0. The number of para-hydroxylation sites is 1. The second kappa shape index (κ2) is 3.58. The predicted molar refractivity (Wildman–Crippen MR) is 64.5 cm³/mol. The average Bonchev–Trinajstić information content (AvgIpc) is 2.20. The van der Waals surface area contributed by atoms with Crippen molar-refractivity contribution in [2.75, 3.05) is 5.73 Å². The van der Waals surface area contributed by atoms with Gasteiger partial charge in [-0.1, -0.05) is 47.9 Å². The highest BCUT2D eigenvalue weighted by Gasteiger charge is 1.99. The van der Waals surface area contributed by atoms with Crippen LogP contribution in [0.3, 0.4) is 0 Å². The average molecular weight is 181 g/mol. The van der Waals surface area contributed by atoms with E-state index < -0.39 is 0 Å². The summed E-state index contributed by atoms with van der Waals surface area (Å²) >= 11 is 0. The zero-order valence-electron chi connectivity index (χ0n) is 8.20. The highest BCUT2D eigenvalue weighted by atomic mass is 14.6. The Morgan fingerprint density at radius 1 is 0.857 bits per heavy atom. The van der Waals surface area contributed by atoms with E-state index in [1.54, 1.807) is 0 Å². The first-order valence-corrected chi connectivity index (χ1v) is 4.69. The number of hydrogen-bond acceptors (Lipinski definition) is 1. The van der Waals surface area contributed by atoms with Crippen molar-refractivity contribution in [3.05, 3.63) is 48.5 Å². The zero-order valence-corrected chi connectivity index (χ0v) is 8.20. The van der Waals surface area contributed by atoms with Gasteiger partial charge >= 0.3 is 0 Å². The summed E-state index contributed by atoms with van der Waals surface area (Å²) in [6, 6.07) is 16.3. The molecule has 1 nitrogen and oxygen atoms in total. The van der Waals surface area contributed by atoms with E-state index in [-0.39, 0.29) is 0 Å². The Morgan fingerprint density at radius 2 is 1.50 bits per heavy atom. The number of benzene rings is 2. The lowest BCUT2D eigenvalue weighted by molar-refractivity contribution is 1.62. The molecule has 0 bridgehead atoms. The number of rotatable bonds is 1. The van der Waals surface area contributed by atoms with Crippen molar-refractivity contribution < 1.29 is 0 Å². The topological polar surface area (TPSA) is 26.0 Å². The molecule has 0 aliphatic heterocycles. The summed E-state index contributed by atoms with van der Waals surface area (Å²) in [5.41, 5.74) is 10.3. The van der Waals surface area contributed by atoms with Gasteiger partial charge in [-0.15, -0.1) is 0 Å². The molecule has 2 heteroatoms. The Hall–Kier alpha value is -1.70. The van der Waals surface area contributed by atoms with Crippen LogP contribution in [0.1, 0.15) is 0 Å². The molecule has 68 valence electrons. The summed E-state index contributed by atoms with van der Waals surface area (Å²) in [6.07, 6.45) is 0. The van der Waals surface area contributed by atoms with Crippen LogP contribution < -0.4 is 11.2 Å². The lowest BCUT2D eigenvalue weighted by atomic mass is 9.93. The number of nitrogens with two attached hydrogens (primary N) is 1. The molecule has 0 amide bonds. The van der Waals surface area contributed by atoms with E-state index in [0.717, 1.165) is 11.3 Å². The van der Waals surface area contributed by atoms with Crippen LogP contribution in [0, 0.1) is 0 Å². The van der Waals surface area contributed by atoms with Crippen LogP contribution in [0.2, 0.25) is 0 Å². The highest BCUT2D eigenvalue weighted by Crippen LogP contribution is 2.24. The van der Waals surface area contributed by atoms with Crippen LogP contribution in [-0.4, -0.2) is 7.85 Å². The normalized spacial score (nSPS) is 10.0. The Kier molecular flexibility index (Phi) is 2.27. The zero-order chi connectivity index (χ0) is 9.97. The van der Waals surface area contributed by atoms with E-state index in [9.17, 15) is 0 Å². The Balaban J connectivity index is 2.50. The molecule has 0 radical (unpaired) electrons. The maximum Gasteiger partial charge on any atom is 0.139 e. The molecule has 2 N–H and O–H groups in total. The summed E-state index contributed by atoms with van der Waals surface area (Å²) < 4.78 is 0. The number of hydrogen-bond donors (Lipinski definition) is 1. The second-order valence-corrected chi connectivity index (χ2v) is 3.45. The van der Waals surface area contributed by atoms with Gasteiger partial charge in [-0.3, -0.25) is 0 Å². The first-order chi connectivity index (χ1) is 6.77. The number of anilines is 1. The Bertz CT molecular complexity index is 434. The van der Waals surface area contributed by atoms with Gasteiger partial charge < -0.3 is 5.73 Å². The van der Waals surface area contributed by atoms with Crippen LogP contribution in [0.25, 0.3) is 11.1 Å². The van der Waals surface area contributed by atoms with Gasteiger partial charge in [0.1, 0.15) is 7.85 Å². The van der Waals surface area contributed by atoms with Gasteiger partial charge in [-0.25, -0.2) is 0 Å². The molecule has 0 saturated carbocycles. The minimum absolute atomic E-state index is 0.830. The van der Waals surface area contributed by atoms with E-state index in [1.807, 2.05) is 24.3 Å². The molecule has 14 heavy (non-hydrogen) atoms. The third kappa shape index (κ3) is 1.64. The van der Waals surface area contributed by atoms with Crippen LogP contribution in [0.15, 0.2) is 48.5 Å². The molecule has 2 aromatic rings. The standard InChI is InChI=1S/C12H12BN/c13-10-7-5-9(6-8-10)11-3-1-2-4-12(11)14/h1-8H,13-14H2. The SMILES string of the molecule is Bc1ccc(-c2ccccc2N)cc1. The van der Waals surface area contributed by atoms with Gasteiger partial charge in [0.25, 0.3) is 0 Å². The molecule has 2 aromatic carbocycles. The predicted octanol–water partition coefficient (Wildman–Crippen LogP) is 1.19. The van der Waals surface area contributed by atoms with Crippen molar-refractivity contribution in [1.29, 1.82) is 0 Å². The molecular weight excluding hydrogens is 169 g/mol. The summed E-state index contributed by atoms with van der Waals surface area (Å²) in [4.78, 5) is 0. The molecule has 0 fully saturated rings. The first kappa shape index (κ1) is 8.88. The van der Waals surface area contributed by atoms with E-state index in [0.29, 0.717) is 0 Å². The van der Waals surface area contributed by atoms with Crippen molar-refractivity contribution in [3.8, 4) is 11.1 Å². The van der Waals surface area contributed by atoms with Crippen LogP contribution in [-0.2, 0) is 0 Å². The maximum atomic E-state index is 5.89. The van der Waals surface area contributed by atoms with Crippen molar-refractivity contribution in [3.63, 3.8) is 0 Å². The van der Waals surface area contributed by atoms with E-state index in [2.05, 4.69) is 32.1 Å². The molecular formula is C12H12BN. The van der Waals surface area contributed by atoms with Gasteiger partial charge in [0, 0.05) is 11.3 Å². The van der Waals surface area contributed by atoms with E-state index in [1.165, 1.54) is 11.0 Å². The fourth-order valence-corrected chi connectivity index (χ4v) is 1.49. The lowest BCUT2D eigenvalue weighted by Gasteiger charge is -2.05. The van der Waals surface area contributed by atoms with Crippen LogP contribution in [0.4, 0.5) is 5.69 Å². The van der Waals surface area contributed by atoms with E-state index >= 15 is 0 Å². The maximum absolute atomic E-state index is 5.89. The largest absolute Gasteiger partial charge is 0.398 e. The fraction of sp³-hybridized carbons (Fsp3) is 0. The van der Waals surface area contributed by atoms with Gasteiger partial charge in [0.2, 0.25) is 0 Å². The van der Waals surface area contributed by atoms with E-state index in [4.69, 9.17) is 5.73 Å². The number of nitrogen functional groups attached to an aromatic ring is 1. The fourth-order valence-electron chi connectivity index (χ4n) is 1.49. The molecule has 0 aliphatic carbocycles.